The van der Waals surface area contributed by atoms with Crippen LogP contribution in [-0.4, -0.2) is 57.2 Å². The first-order chi connectivity index (χ1) is 12.4. The van der Waals surface area contributed by atoms with Gasteiger partial charge in [0.2, 0.25) is 0 Å². The van der Waals surface area contributed by atoms with E-state index < -0.39 is 26.4 Å². The number of carbonyl (C=O) groups excluding carboxylic acids is 2. The molecule has 6 nitrogen and oxygen atoms in total. The molecule has 1 saturated heterocycles. The second-order valence-electron chi connectivity index (χ2n) is 8.06. The number of halogens is 1. The van der Waals surface area contributed by atoms with Crippen LogP contribution in [0.1, 0.15) is 34.1 Å². The summed E-state index contributed by atoms with van der Waals surface area (Å²) in [4.78, 5) is 25.8. The summed E-state index contributed by atoms with van der Waals surface area (Å²) in [7, 11) is -2.00. The van der Waals surface area contributed by atoms with Gasteiger partial charge in [-0.05, 0) is 37.6 Å². The molecule has 1 heterocycles. The lowest BCUT2D eigenvalue weighted by Gasteiger charge is -2.38. The Morgan fingerprint density at radius 3 is 2.44 bits per heavy atom. The van der Waals surface area contributed by atoms with Gasteiger partial charge in [0.15, 0.2) is 8.32 Å². The number of hydrogen-bond acceptors (Lipinski definition) is 5. The maximum atomic E-state index is 12.4. The molecule has 0 spiro atoms. The predicted molar refractivity (Wildman–Crippen MR) is 109 cm³/mol. The first-order valence-electron chi connectivity index (χ1n) is 9.19. The molecular weight excluding hydrogens is 386 g/mol. The first kappa shape index (κ1) is 23.7. The Bertz CT molecular complexity index is 585. The standard InChI is InChI=1S/C19H32ClNO5Si/c1-8-10-25-18(23)21-13-15(26-27(6,7)19(3,4)5)11-14(21)12-16(20)17(22)24-9-2/h8,12,14-15H,1,9-11,13H2,2-7H3/t14-,15+/m0/s1. The maximum absolute atomic E-state index is 12.4. The van der Waals surface area contributed by atoms with Crippen molar-refractivity contribution in [1.82, 2.24) is 4.90 Å². The summed E-state index contributed by atoms with van der Waals surface area (Å²) in [5.74, 6) is -0.604. The van der Waals surface area contributed by atoms with Gasteiger partial charge in [-0.3, -0.25) is 4.90 Å². The Hall–Kier alpha value is -1.31. The molecule has 1 aliphatic heterocycles. The summed E-state index contributed by atoms with van der Waals surface area (Å²) in [5, 5.41) is 0.00821. The Morgan fingerprint density at radius 1 is 1.30 bits per heavy atom. The van der Waals surface area contributed by atoms with Gasteiger partial charge in [-0.25, -0.2) is 9.59 Å². The van der Waals surface area contributed by atoms with E-state index in [1.54, 1.807) is 17.9 Å². The third-order valence-electron chi connectivity index (χ3n) is 4.94. The van der Waals surface area contributed by atoms with Crippen LogP contribution in [-0.2, 0) is 18.7 Å². The van der Waals surface area contributed by atoms with E-state index in [4.69, 9.17) is 25.5 Å². The number of hydrogen-bond donors (Lipinski definition) is 0. The monoisotopic (exact) mass is 417 g/mol. The Balaban J connectivity index is 2.99. The lowest BCUT2D eigenvalue weighted by Crippen LogP contribution is -2.44. The fraction of sp³-hybridized carbons (Fsp3) is 0.684. The zero-order valence-electron chi connectivity index (χ0n) is 17.2. The molecule has 0 aromatic rings. The highest BCUT2D eigenvalue weighted by molar-refractivity contribution is 6.74. The molecule has 1 fully saturated rings. The largest absolute Gasteiger partial charge is 0.462 e. The van der Waals surface area contributed by atoms with Gasteiger partial charge >= 0.3 is 12.1 Å². The summed E-state index contributed by atoms with van der Waals surface area (Å²) in [5.41, 5.74) is 0. The molecule has 1 aliphatic rings. The van der Waals surface area contributed by atoms with Crippen molar-refractivity contribution >= 4 is 32.0 Å². The molecular formula is C19H32ClNO5Si. The van der Waals surface area contributed by atoms with Crippen molar-refractivity contribution in [3.63, 3.8) is 0 Å². The van der Waals surface area contributed by atoms with Crippen molar-refractivity contribution in [2.75, 3.05) is 19.8 Å². The van der Waals surface area contributed by atoms with E-state index in [0.29, 0.717) is 13.0 Å². The molecule has 0 N–H and O–H groups in total. The van der Waals surface area contributed by atoms with Gasteiger partial charge in [0, 0.05) is 6.54 Å². The molecule has 1 amide bonds. The van der Waals surface area contributed by atoms with Crippen LogP contribution in [0.15, 0.2) is 23.8 Å². The van der Waals surface area contributed by atoms with E-state index in [9.17, 15) is 9.59 Å². The van der Waals surface area contributed by atoms with Gasteiger partial charge in [-0.1, -0.05) is 45.0 Å². The van der Waals surface area contributed by atoms with Crippen LogP contribution in [0.4, 0.5) is 4.79 Å². The van der Waals surface area contributed by atoms with Crippen molar-refractivity contribution in [2.45, 2.75) is 64.4 Å². The SMILES string of the molecule is C=CCOC(=O)N1C[C@H](O[Si](C)(C)C(C)(C)C)C[C@H]1C=C(Cl)C(=O)OCC. The molecule has 0 bridgehead atoms. The first-order valence-corrected chi connectivity index (χ1v) is 12.5. The van der Waals surface area contributed by atoms with Gasteiger partial charge < -0.3 is 13.9 Å². The Kier molecular flexibility index (Phi) is 8.57. The number of nitrogens with zero attached hydrogens (tertiary/aromatic N) is 1. The van der Waals surface area contributed by atoms with E-state index in [0.717, 1.165) is 0 Å². The number of amides is 1. The highest BCUT2D eigenvalue weighted by Crippen LogP contribution is 2.39. The van der Waals surface area contributed by atoms with E-state index in [-0.39, 0.29) is 29.4 Å². The number of rotatable bonds is 7. The van der Waals surface area contributed by atoms with Gasteiger partial charge in [0.05, 0.1) is 18.8 Å². The van der Waals surface area contributed by atoms with Crippen molar-refractivity contribution in [3.05, 3.63) is 23.8 Å². The van der Waals surface area contributed by atoms with Crippen LogP contribution in [0.25, 0.3) is 0 Å². The van der Waals surface area contributed by atoms with Crippen LogP contribution in [0.2, 0.25) is 18.1 Å². The molecule has 1 rings (SSSR count). The predicted octanol–water partition coefficient (Wildman–Crippen LogP) is 4.46. The number of ether oxygens (including phenoxy) is 2. The van der Waals surface area contributed by atoms with Crippen LogP contribution in [0, 0.1) is 0 Å². The normalized spacial score (nSPS) is 21.1. The molecule has 8 heteroatoms. The Labute approximate surface area is 168 Å². The molecule has 154 valence electrons. The van der Waals surface area contributed by atoms with E-state index in [1.807, 2.05) is 0 Å². The second-order valence-corrected chi connectivity index (χ2v) is 13.2. The molecule has 0 aromatic heterocycles. The average molecular weight is 418 g/mol. The molecule has 0 radical (unpaired) electrons. The minimum Gasteiger partial charge on any atom is -0.462 e. The van der Waals surface area contributed by atoms with Crippen molar-refractivity contribution in [1.29, 1.82) is 0 Å². The number of carbonyl (C=O) groups is 2. The summed E-state index contributed by atoms with van der Waals surface area (Å²) in [6.07, 6.45) is 2.98. The lowest BCUT2D eigenvalue weighted by atomic mass is 10.2. The third-order valence-corrected chi connectivity index (χ3v) is 9.76. The van der Waals surface area contributed by atoms with Gasteiger partial charge in [0.1, 0.15) is 11.6 Å². The van der Waals surface area contributed by atoms with Crippen LogP contribution >= 0.6 is 11.6 Å². The average Bonchev–Trinajstić information content (AvgIpc) is 2.93. The Morgan fingerprint density at radius 2 is 1.93 bits per heavy atom. The van der Waals surface area contributed by atoms with Crippen LogP contribution in [0.3, 0.4) is 0 Å². The van der Waals surface area contributed by atoms with Crippen LogP contribution in [0.5, 0.6) is 0 Å². The quantitative estimate of drug-likeness (QED) is 0.265. The summed E-state index contributed by atoms with van der Waals surface area (Å²) in [6, 6.07) is -0.394. The molecule has 0 saturated carbocycles. The minimum absolute atomic E-state index is 0.0450. The highest BCUT2D eigenvalue weighted by Gasteiger charge is 2.43. The second kappa shape index (κ2) is 9.75. The minimum atomic E-state index is -2.00. The topological polar surface area (TPSA) is 65.1 Å². The highest BCUT2D eigenvalue weighted by atomic mass is 35.5. The lowest BCUT2D eigenvalue weighted by molar-refractivity contribution is -0.137. The van der Waals surface area contributed by atoms with Gasteiger partial charge in [-0.2, -0.15) is 0 Å². The maximum Gasteiger partial charge on any atom is 0.410 e. The smallest absolute Gasteiger partial charge is 0.410 e. The van der Waals surface area contributed by atoms with Gasteiger partial charge in [0.25, 0.3) is 0 Å². The molecule has 0 aliphatic carbocycles. The van der Waals surface area contributed by atoms with Crippen molar-refractivity contribution in [3.8, 4) is 0 Å². The molecule has 27 heavy (non-hydrogen) atoms. The summed E-state index contributed by atoms with van der Waals surface area (Å²) < 4.78 is 16.5. The molecule has 0 unspecified atom stereocenters. The number of esters is 1. The van der Waals surface area contributed by atoms with Crippen molar-refractivity contribution in [2.24, 2.45) is 0 Å². The van der Waals surface area contributed by atoms with E-state index in [1.165, 1.54) is 6.08 Å². The fourth-order valence-corrected chi connectivity index (χ4v) is 4.08. The third kappa shape index (κ3) is 6.66. The fourth-order valence-electron chi connectivity index (χ4n) is 2.52. The van der Waals surface area contributed by atoms with Crippen molar-refractivity contribution < 1.29 is 23.5 Å². The zero-order chi connectivity index (χ0) is 20.8. The summed E-state index contributed by atoms with van der Waals surface area (Å²) in [6.45, 7) is 16.8. The van der Waals surface area contributed by atoms with Gasteiger partial charge in [-0.15, -0.1) is 0 Å². The zero-order valence-corrected chi connectivity index (χ0v) is 19.0. The molecule has 2 atom stereocenters. The van der Waals surface area contributed by atoms with E-state index in [2.05, 4.69) is 40.4 Å². The molecule has 0 aromatic carbocycles. The summed E-state index contributed by atoms with van der Waals surface area (Å²) >= 11 is 6.08. The number of likely N-dealkylation sites (tertiary alicyclic amines) is 1. The van der Waals surface area contributed by atoms with E-state index >= 15 is 0 Å². The van der Waals surface area contributed by atoms with Crippen LogP contribution < -0.4 is 0 Å².